The van der Waals surface area contributed by atoms with Gasteiger partial charge in [0.1, 0.15) is 35.8 Å². The molecule has 1 unspecified atom stereocenters. The molecule has 0 aliphatic carbocycles. The number of nitrogens with one attached hydrogen (secondary N) is 1. The first-order valence-electron chi connectivity index (χ1n) is 24.4. The number of carbonyl (C=O) groups is 3. The summed E-state index contributed by atoms with van der Waals surface area (Å²) in [6.07, 6.45) is -9.98. The maximum atomic E-state index is 14.2. The topological polar surface area (TPSA) is 296 Å². The van der Waals surface area contributed by atoms with Crippen LogP contribution in [0.15, 0.2) is 24.3 Å². The number of hydrogen-bond donors (Lipinski definition) is 7. The number of likely N-dealkylation sites (N-methyl/N-ethyl adjacent to an activating group) is 1. The van der Waals surface area contributed by atoms with E-state index in [0.29, 0.717) is 12.0 Å². The van der Waals surface area contributed by atoms with Gasteiger partial charge in [-0.3, -0.25) is 24.5 Å². The number of hydrogen-bond acceptors (Lipinski definition) is 19. The number of ketones is 1. The van der Waals surface area contributed by atoms with E-state index in [2.05, 4.69) is 5.32 Å². The lowest BCUT2D eigenvalue weighted by molar-refractivity contribution is -0.384. The Labute approximate surface area is 433 Å². The molecule has 0 saturated carbocycles. The van der Waals surface area contributed by atoms with Gasteiger partial charge < -0.3 is 74.0 Å². The normalized spacial score (nSPS) is 39.2. The minimum atomic E-state index is -1.96. The van der Waals surface area contributed by atoms with Crippen LogP contribution in [0.1, 0.15) is 107 Å². The van der Waals surface area contributed by atoms with Gasteiger partial charge in [-0.15, -0.1) is 0 Å². The average Bonchev–Trinajstić information content (AvgIpc) is 3.33. The molecule has 0 radical (unpaired) electrons. The summed E-state index contributed by atoms with van der Waals surface area (Å²) in [5, 5.41) is 77.5. The Morgan fingerprint density at radius 1 is 0.931 bits per heavy atom. The molecule has 414 valence electrons. The van der Waals surface area contributed by atoms with Crippen molar-refractivity contribution in [2.45, 2.75) is 196 Å². The van der Waals surface area contributed by atoms with Crippen LogP contribution in [0.3, 0.4) is 0 Å². The standard InChI is InChI=1S/C38H69NO13.C11H12Cl2N2O5/c1-15-26-38(10,45)31(42)21(4)28(40)19(2)17-37(9,47-14)33(52-35-29(41)25(39(11)12)16-20(3)48-35)22(5)30(23(6)34(44)50-26)51-27-18-36(8,46-13)32(43)24(7)49-27;12-10(13)11(18)14-8(5-16)9(17)6-1-3-7(4-2-6)15(19)20/h19-27,29-33,35,41-43,45H,15-18H2,1-14H3;1-4,8-10,16-17H,5H2,(H,14,18)/t19-,20-,21+,22?,23-,24+,25+,26-,27+,29-,30+,31-,32+,33-,35+,36-,37-,38-;8-,9-/m11/s1. The number of Topliss-reactive ketones (excluding diaryl/α,β-unsaturated/α-hetero) is 1. The van der Waals surface area contributed by atoms with E-state index in [1.54, 1.807) is 48.5 Å². The predicted molar refractivity (Wildman–Crippen MR) is 264 cm³/mol. The van der Waals surface area contributed by atoms with E-state index in [9.17, 15) is 50.0 Å². The molecule has 72 heavy (non-hydrogen) atoms. The highest BCUT2D eigenvalue weighted by Crippen LogP contribution is 2.42. The van der Waals surface area contributed by atoms with Crippen molar-refractivity contribution in [3.05, 3.63) is 39.9 Å². The number of nitro benzene ring substituents is 1. The molecule has 0 bridgehead atoms. The number of aliphatic hydroxyl groups excluding tert-OH is 5. The summed E-state index contributed by atoms with van der Waals surface area (Å²) in [7, 11) is 6.77. The van der Waals surface area contributed by atoms with Crippen molar-refractivity contribution in [2.24, 2.45) is 23.7 Å². The summed E-state index contributed by atoms with van der Waals surface area (Å²) in [6, 6.07) is 3.77. The first-order valence-corrected chi connectivity index (χ1v) is 25.2. The van der Waals surface area contributed by atoms with Crippen LogP contribution < -0.4 is 5.32 Å². The molecule has 7 N–H and O–H groups in total. The van der Waals surface area contributed by atoms with Gasteiger partial charge in [-0.2, -0.15) is 0 Å². The van der Waals surface area contributed by atoms with Crippen molar-refractivity contribution in [2.75, 3.05) is 34.9 Å². The van der Waals surface area contributed by atoms with Gasteiger partial charge in [-0.1, -0.05) is 50.9 Å². The van der Waals surface area contributed by atoms with Gasteiger partial charge in [0, 0.05) is 56.6 Å². The molecule has 21 nitrogen and oxygen atoms in total. The smallest absolute Gasteiger partial charge is 0.311 e. The summed E-state index contributed by atoms with van der Waals surface area (Å²) in [5.41, 5.74) is -4.07. The largest absolute Gasteiger partial charge is 0.459 e. The fourth-order valence-electron chi connectivity index (χ4n) is 10.1. The van der Waals surface area contributed by atoms with Gasteiger partial charge >= 0.3 is 5.97 Å². The number of esters is 1. The minimum absolute atomic E-state index is 0.111. The van der Waals surface area contributed by atoms with Gasteiger partial charge in [0.05, 0.1) is 65.2 Å². The monoisotopic (exact) mass is 1070 g/mol. The number of ether oxygens (including phenoxy) is 7. The zero-order valence-corrected chi connectivity index (χ0v) is 45.5. The van der Waals surface area contributed by atoms with E-state index >= 15 is 0 Å². The van der Waals surface area contributed by atoms with E-state index in [-0.39, 0.29) is 42.9 Å². The van der Waals surface area contributed by atoms with Crippen LogP contribution in [-0.2, 0) is 47.5 Å². The highest BCUT2D eigenvalue weighted by molar-refractivity contribution is 6.53. The number of cyclic esters (lactones) is 1. The highest BCUT2D eigenvalue weighted by Gasteiger charge is 2.54. The molecule has 0 spiro atoms. The second-order valence-electron chi connectivity index (χ2n) is 20.5. The molecule has 3 aliphatic rings. The molecule has 20 atom stereocenters. The van der Waals surface area contributed by atoms with Crippen molar-refractivity contribution in [3.8, 4) is 0 Å². The number of alkyl halides is 2. The average molecular weight is 1070 g/mol. The van der Waals surface area contributed by atoms with Gasteiger partial charge in [0.15, 0.2) is 17.4 Å². The molecule has 0 aromatic heterocycles. The number of methoxy groups -OCH3 is 2. The zero-order chi connectivity index (χ0) is 55.0. The molecular formula is C49H81Cl2N3O18. The predicted octanol–water partition coefficient (Wildman–Crippen LogP) is 3.35. The Balaban J connectivity index is 0.000000571. The molecule has 3 aliphatic heterocycles. The summed E-state index contributed by atoms with van der Waals surface area (Å²) in [5.74, 6) is -5.23. The van der Waals surface area contributed by atoms with Crippen LogP contribution in [0.2, 0.25) is 0 Å². The molecule has 3 fully saturated rings. The van der Waals surface area contributed by atoms with Crippen LogP contribution in [0.4, 0.5) is 5.69 Å². The van der Waals surface area contributed by atoms with Crippen LogP contribution in [0.25, 0.3) is 0 Å². The van der Waals surface area contributed by atoms with Gasteiger partial charge in [-0.25, -0.2) is 0 Å². The number of nitrogens with zero attached hydrogens (tertiary/aromatic N) is 2. The fourth-order valence-corrected chi connectivity index (χ4v) is 10.2. The van der Waals surface area contributed by atoms with Crippen LogP contribution >= 0.6 is 23.2 Å². The Hall–Kier alpha value is -2.71. The molecule has 23 heteroatoms. The molecule has 3 saturated heterocycles. The third-order valence-corrected chi connectivity index (χ3v) is 15.2. The third kappa shape index (κ3) is 15.2. The van der Waals surface area contributed by atoms with Crippen molar-refractivity contribution in [1.82, 2.24) is 10.2 Å². The van der Waals surface area contributed by atoms with Crippen LogP contribution in [0.5, 0.6) is 0 Å². The van der Waals surface area contributed by atoms with Crippen molar-refractivity contribution in [1.29, 1.82) is 0 Å². The first-order chi connectivity index (χ1) is 33.3. The Bertz CT molecular complexity index is 1920. The quantitative estimate of drug-likeness (QED) is 0.0608. The molecular weight excluding hydrogens is 989 g/mol. The molecule has 4 rings (SSSR count). The lowest BCUT2D eigenvalue weighted by atomic mass is 9.74. The number of non-ortho nitro benzene ring substituents is 1. The second kappa shape index (κ2) is 26.9. The van der Waals surface area contributed by atoms with E-state index in [1.165, 1.54) is 45.4 Å². The summed E-state index contributed by atoms with van der Waals surface area (Å²) in [4.78, 5) is 50.0. The molecule has 1 amide bonds. The summed E-state index contributed by atoms with van der Waals surface area (Å²) < 4.78 is 43.9. The summed E-state index contributed by atoms with van der Waals surface area (Å²) >= 11 is 10.7. The molecule has 1 aromatic carbocycles. The highest BCUT2D eigenvalue weighted by atomic mass is 35.5. The number of rotatable bonds is 14. The SMILES string of the molecule is CC[C@H]1OC(=O)[C@H](C)[C@@H](O[C@H]2C[C@@](C)(OC)[C@@H](O)[C@H](C)O2)C(C)[C@@H](O[C@@H]2O[C@H](C)C[C@H](N(C)C)[C@H]2O)[C@](C)(OC)C[C@@H](C)C(=O)[C@H](C)[C@@H](O)[C@]1(C)O.O=C(N[C@H](CO)[C@H](O)c1ccc([N+](=O)[O-])cc1)C(Cl)Cl. The maximum absolute atomic E-state index is 14.2. The number of carbonyl (C=O) groups excluding carboxylic acids is 3. The van der Waals surface area contributed by atoms with Crippen molar-refractivity contribution in [3.63, 3.8) is 0 Å². The number of amides is 1. The van der Waals surface area contributed by atoms with E-state index in [1.807, 2.05) is 32.8 Å². The fraction of sp³-hybridized carbons (Fsp3) is 0.816. The number of benzene rings is 1. The molecule has 1 aromatic rings. The molecule has 3 heterocycles. The van der Waals surface area contributed by atoms with E-state index < -0.39 is 136 Å². The van der Waals surface area contributed by atoms with Gasteiger partial charge in [0.25, 0.3) is 11.6 Å². The van der Waals surface area contributed by atoms with Crippen molar-refractivity contribution >= 4 is 46.5 Å². The van der Waals surface area contributed by atoms with Gasteiger partial charge in [0.2, 0.25) is 0 Å². The Morgan fingerprint density at radius 2 is 1.51 bits per heavy atom. The maximum Gasteiger partial charge on any atom is 0.311 e. The lowest BCUT2D eigenvalue weighted by Gasteiger charge is -2.50. The number of halogens is 2. The number of nitro groups is 1. The van der Waals surface area contributed by atoms with E-state index in [4.69, 9.17) is 61.5 Å². The van der Waals surface area contributed by atoms with E-state index in [0.717, 1.165) is 0 Å². The number of aliphatic hydroxyl groups is 6. The lowest BCUT2D eigenvalue weighted by Crippen LogP contribution is -2.61. The first kappa shape index (κ1) is 63.6. The Kier molecular flexibility index (Phi) is 23.7. The van der Waals surface area contributed by atoms with Crippen LogP contribution in [0, 0.1) is 33.8 Å². The van der Waals surface area contributed by atoms with Crippen LogP contribution in [-0.4, -0.2) is 188 Å². The second-order valence-corrected chi connectivity index (χ2v) is 21.6. The summed E-state index contributed by atoms with van der Waals surface area (Å²) in [6.45, 7) is 16.5. The third-order valence-electron chi connectivity index (χ3n) is 14.8. The Morgan fingerprint density at radius 3 is 2.01 bits per heavy atom. The minimum Gasteiger partial charge on any atom is -0.459 e. The van der Waals surface area contributed by atoms with Crippen molar-refractivity contribution < 1.29 is 83.1 Å². The zero-order valence-electron chi connectivity index (χ0n) is 44.0. The van der Waals surface area contributed by atoms with Gasteiger partial charge in [-0.05, 0) is 92.6 Å².